The van der Waals surface area contributed by atoms with Crippen LogP contribution in [-0.4, -0.2) is 8.75 Å². The normalized spacial score (nSPS) is 12.0. The Kier molecular flexibility index (Phi) is 9.74. The third-order valence-corrected chi connectivity index (χ3v) is 16.4. The van der Waals surface area contributed by atoms with Crippen LogP contribution in [0.1, 0.15) is 76.3 Å². The number of hydrogen-bond donors (Lipinski definition) is 0. The molecule has 0 spiro atoms. The summed E-state index contributed by atoms with van der Waals surface area (Å²) in [4.78, 5) is 8.32. The molecule has 2 nitrogen and oxygen atoms in total. The van der Waals surface area contributed by atoms with Crippen LogP contribution in [0.25, 0.3) is 70.2 Å². The van der Waals surface area contributed by atoms with Crippen molar-refractivity contribution in [2.24, 2.45) is 0 Å². The lowest BCUT2D eigenvalue weighted by atomic mass is 10.0. The number of unbranched alkanes of at least 4 members (excludes halogenated alkanes) is 6. The van der Waals surface area contributed by atoms with E-state index >= 15 is 0 Å². The van der Waals surface area contributed by atoms with Gasteiger partial charge in [0.1, 0.15) is 11.0 Å². The fourth-order valence-corrected chi connectivity index (χ4v) is 14.0. The Morgan fingerprint density at radius 2 is 0.979 bits per heavy atom. The van der Waals surface area contributed by atoms with Gasteiger partial charge >= 0.3 is 0 Å². The number of nitrogens with zero attached hydrogens (tertiary/aromatic N) is 2. The fraction of sp³-hybridized carbons (Fsp3) is 0.316. The van der Waals surface area contributed by atoms with Gasteiger partial charge in [-0.15, -0.1) is 68.0 Å². The molecule has 47 heavy (non-hydrogen) atoms. The number of benzene rings is 1. The minimum absolute atomic E-state index is 1.04. The van der Waals surface area contributed by atoms with Gasteiger partial charge in [-0.1, -0.05) is 64.5 Å². The SMILES string of the molecule is CCCCCCc1cc(-c2ccc(-c3cc(CCCCCC)c(-c4cc5sccc5s4)s3)c3nsnc23)sc1-c1cc2sccc2s1. The summed E-state index contributed by atoms with van der Waals surface area (Å²) in [5, 5.41) is 4.41. The van der Waals surface area contributed by atoms with Gasteiger partial charge in [0, 0.05) is 59.2 Å². The van der Waals surface area contributed by atoms with E-state index in [1.807, 2.05) is 68.0 Å². The Balaban J connectivity index is 1.17. The average Bonchev–Trinajstić information content (AvgIpc) is 3.90. The van der Waals surface area contributed by atoms with Crippen LogP contribution in [0.15, 0.2) is 59.3 Å². The van der Waals surface area contributed by atoms with Crippen LogP contribution in [-0.2, 0) is 12.8 Å². The fourth-order valence-electron chi connectivity index (χ4n) is 6.42. The molecule has 0 saturated carbocycles. The van der Waals surface area contributed by atoms with Gasteiger partial charge in [-0.05, 0) is 84.0 Å². The maximum Gasteiger partial charge on any atom is 0.114 e. The molecular formula is C38H36N2S7. The molecule has 240 valence electrons. The van der Waals surface area contributed by atoms with E-state index in [-0.39, 0.29) is 0 Å². The molecule has 0 unspecified atom stereocenters. The van der Waals surface area contributed by atoms with Crippen LogP contribution < -0.4 is 0 Å². The molecule has 0 aliphatic rings. The van der Waals surface area contributed by atoms with Crippen LogP contribution in [0, 0.1) is 0 Å². The predicted molar refractivity (Wildman–Crippen MR) is 217 cm³/mol. The third kappa shape index (κ3) is 6.45. The Morgan fingerprint density at radius 1 is 0.489 bits per heavy atom. The zero-order valence-corrected chi connectivity index (χ0v) is 32.3. The van der Waals surface area contributed by atoms with E-state index < -0.39 is 0 Å². The van der Waals surface area contributed by atoms with Crippen LogP contribution in [0.4, 0.5) is 0 Å². The minimum Gasteiger partial charge on any atom is -0.172 e. The summed E-state index contributed by atoms with van der Waals surface area (Å²) >= 11 is 12.8. The van der Waals surface area contributed by atoms with Crippen molar-refractivity contribution in [2.45, 2.75) is 78.1 Å². The largest absolute Gasteiger partial charge is 0.172 e. The van der Waals surface area contributed by atoms with Crippen molar-refractivity contribution in [3.63, 3.8) is 0 Å². The van der Waals surface area contributed by atoms with Crippen molar-refractivity contribution in [2.75, 3.05) is 0 Å². The van der Waals surface area contributed by atoms with Crippen LogP contribution in [0.5, 0.6) is 0 Å². The summed E-state index contributed by atoms with van der Waals surface area (Å²) in [5.41, 5.74) is 7.50. The smallest absolute Gasteiger partial charge is 0.114 e. The van der Waals surface area contributed by atoms with Gasteiger partial charge in [-0.2, -0.15) is 8.75 Å². The topological polar surface area (TPSA) is 25.8 Å². The highest BCUT2D eigenvalue weighted by Crippen LogP contribution is 2.48. The number of hydrogen-bond acceptors (Lipinski definition) is 9. The zero-order chi connectivity index (χ0) is 31.7. The van der Waals surface area contributed by atoms with E-state index in [9.17, 15) is 0 Å². The summed E-state index contributed by atoms with van der Waals surface area (Å²) in [6.07, 6.45) is 12.5. The van der Waals surface area contributed by atoms with Gasteiger partial charge in [-0.25, -0.2) is 0 Å². The van der Waals surface area contributed by atoms with Gasteiger partial charge < -0.3 is 0 Å². The molecule has 1 aromatic carbocycles. The second-order valence-electron chi connectivity index (χ2n) is 12.2. The van der Waals surface area contributed by atoms with Crippen molar-refractivity contribution in [1.82, 2.24) is 8.75 Å². The van der Waals surface area contributed by atoms with E-state index in [0.29, 0.717) is 0 Å². The molecule has 0 aliphatic heterocycles. The van der Waals surface area contributed by atoms with Crippen molar-refractivity contribution >= 4 is 110 Å². The summed E-state index contributed by atoms with van der Waals surface area (Å²) in [7, 11) is 0. The van der Waals surface area contributed by atoms with Gasteiger partial charge in [0.05, 0.1) is 11.7 Å². The van der Waals surface area contributed by atoms with E-state index in [1.54, 1.807) is 0 Å². The second kappa shape index (κ2) is 14.3. The number of aryl methyl sites for hydroxylation is 2. The molecule has 0 amide bonds. The minimum atomic E-state index is 1.04. The van der Waals surface area contributed by atoms with Crippen molar-refractivity contribution < 1.29 is 0 Å². The highest BCUT2D eigenvalue weighted by Gasteiger charge is 2.22. The highest BCUT2D eigenvalue weighted by atomic mass is 32.1. The Morgan fingerprint density at radius 3 is 1.43 bits per heavy atom. The first kappa shape index (κ1) is 32.0. The monoisotopic (exact) mass is 744 g/mol. The summed E-state index contributed by atoms with van der Waals surface area (Å²) in [6, 6.07) is 18.9. The quantitative estimate of drug-likeness (QED) is 0.104. The molecule has 7 aromatic heterocycles. The van der Waals surface area contributed by atoms with Gasteiger partial charge in [0.2, 0.25) is 0 Å². The molecule has 0 atom stereocenters. The van der Waals surface area contributed by atoms with Crippen LogP contribution in [0.3, 0.4) is 0 Å². The molecule has 0 aliphatic carbocycles. The Labute approximate surface area is 304 Å². The van der Waals surface area contributed by atoms with Crippen molar-refractivity contribution in [1.29, 1.82) is 0 Å². The second-order valence-corrected chi connectivity index (χ2v) is 18.9. The Hall–Kier alpha value is -2.24. The van der Waals surface area contributed by atoms with E-state index in [0.717, 1.165) is 23.9 Å². The molecule has 9 heteroatoms. The number of fused-ring (bicyclic) bond motifs is 3. The molecule has 8 rings (SSSR count). The molecule has 0 fully saturated rings. The van der Waals surface area contributed by atoms with E-state index in [2.05, 4.69) is 73.1 Å². The third-order valence-electron chi connectivity index (χ3n) is 8.89. The standard InChI is InChI=1S/C38H36N2S7/c1-3-5-7-9-11-23-19-29(45-37(23)33-21-31-27(43-33)15-17-41-31)25-13-14-26(36-35(25)39-47-40-36)30-20-24(12-10-8-6-4-2)38(46-30)34-22-32-28(44-34)16-18-42-32/h13-22H,3-12H2,1-2H3. The average molecular weight is 745 g/mol. The molecule has 0 N–H and O–H groups in total. The predicted octanol–water partition coefficient (Wildman–Crippen LogP) is 15.3. The maximum absolute atomic E-state index is 4.93. The van der Waals surface area contributed by atoms with Crippen LogP contribution >= 0.6 is 79.7 Å². The summed E-state index contributed by atoms with van der Waals surface area (Å²) < 4.78 is 15.5. The molecule has 8 aromatic rings. The van der Waals surface area contributed by atoms with Gasteiger partial charge in [-0.3, -0.25) is 0 Å². The van der Waals surface area contributed by atoms with Gasteiger partial charge in [0.25, 0.3) is 0 Å². The van der Waals surface area contributed by atoms with Gasteiger partial charge in [0.15, 0.2) is 0 Å². The highest BCUT2D eigenvalue weighted by molar-refractivity contribution is 7.32. The lowest BCUT2D eigenvalue weighted by Crippen LogP contribution is -1.86. The summed E-state index contributed by atoms with van der Waals surface area (Å²) in [6.45, 7) is 4.58. The first-order valence-corrected chi connectivity index (χ1v) is 22.4. The van der Waals surface area contributed by atoms with E-state index in [4.69, 9.17) is 8.75 Å². The molecule has 0 bridgehead atoms. The summed E-state index contributed by atoms with van der Waals surface area (Å²) in [5.74, 6) is 0. The van der Waals surface area contributed by atoms with Crippen LogP contribution in [0.2, 0.25) is 0 Å². The van der Waals surface area contributed by atoms with E-state index in [1.165, 1.54) is 133 Å². The number of thiophene rings is 6. The maximum atomic E-state index is 4.93. The lowest BCUT2D eigenvalue weighted by molar-refractivity contribution is 0.668. The molecular weight excluding hydrogens is 709 g/mol. The lowest BCUT2D eigenvalue weighted by Gasteiger charge is -2.03. The molecule has 7 heterocycles. The number of rotatable bonds is 14. The molecule has 0 saturated heterocycles. The molecule has 0 radical (unpaired) electrons. The van der Waals surface area contributed by atoms with Crippen molar-refractivity contribution in [3.05, 3.63) is 70.4 Å². The first-order chi connectivity index (χ1) is 23.2. The van der Waals surface area contributed by atoms with Crippen molar-refractivity contribution in [3.8, 4) is 40.4 Å². The zero-order valence-electron chi connectivity index (χ0n) is 26.6. The Bertz CT molecular complexity index is 2050. The first-order valence-electron chi connectivity index (χ1n) is 16.7. The number of aromatic nitrogens is 2.